The average molecular weight is 234 g/mol. The van der Waals surface area contributed by atoms with Crippen molar-refractivity contribution in [3.05, 3.63) is 24.3 Å². The van der Waals surface area contributed by atoms with Crippen LogP contribution in [0.5, 0.6) is 0 Å². The van der Waals surface area contributed by atoms with Crippen LogP contribution in [-0.2, 0) is 4.79 Å². The van der Waals surface area contributed by atoms with Crippen molar-refractivity contribution in [2.24, 2.45) is 0 Å². The Morgan fingerprint density at radius 2 is 2.31 bits per heavy atom. The van der Waals surface area contributed by atoms with Crippen molar-refractivity contribution in [1.29, 1.82) is 0 Å². The fourth-order valence-corrected chi connectivity index (χ4v) is 2.05. The number of nitrogens with one attached hydrogen (secondary N) is 1. The minimum absolute atomic E-state index is 0.0776. The summed E-state index contributed by atoms with van der Waals surface area (Å²) in [6.07, 6.45) is 5.06. The fraction of sp³-hybridized carbons (Fsp3) is 0.250. The van der Waals surface area contributed by atoms with Gasteiger partial charge in [-0.25, -0.2) is 0 Å². The lowest BCUT2D eigenvalue weighted by molar-refractivity contribution is -0.120. The highest BCUT2D eigenvalue weighted by molar-refractivity contribution is 8.00. The van der Waals surface area contributed by atoms with E-state index in [9.17, 15) is 4.79 Å². The molecule has 0 fully saturated rings. The topological polar surface area (TPSA) is 55.1 Å². The van der Waals surface area contributed by atoms with Gasteiger partial charge in [-0.1, -0.05) is 18.1 Å². The Hall–Kier alpha value is -1.60. The van der Waals surface area contributed by atoms with Crippen LogP contribution in [0.3, 0.4) is 0 Å². The van der Waals surface area contributed by atoms with E-state index in [0.717, 1.165) is 4.90 Å². The zero-order valence-electron chi connectivity index (χ0n) is 9.07. The maximum Gasteiger partial charge on any atom is 0.233 e. The van der Waals surface area contributed by atoms with Gasteiger partial charge in [0.05, 0.1) is 11.8 Å². The minimum Gasteiger partial charge on any atom is -0.398 e. The molecule has 0 aliphatic heterocycles. The number of nitrogen functional groups attached to an aromatic ring is 1. The van der Waals surface area contributed by atoms with Crippen molar-refractivity contribution in [3.63, 3.8) is 0 Å². The van der Waals surface area contributed by atoms with E-state index in [1.165, 1.54) is 11.8 Å². The number of hydrogen-bond donors (Lipinski definition) is 2. The first kappa shape index (κ1) is 12.5. The molecule has 0 heterocycles. The number of carbonyl (C=O) groups is 1. The van der Waals surface area contributed by atoms with Crippen LogP contribution < -0.4 is 11.1 Å². The van der Waals surface area contributed by atoms with Crippen LogP contribution in [0.2, 0.25) is 0 Å². The highest BCUT2D eigenvalue weighted by Crippen LogP contribution is 2.28. The molecule has 1 aromatic rings. The van der Waals surface area contributed by atoms with Gasteiger partial charge in [-0.15, -0.1) is 18.2 Å². The summed E-state index contributed by atoms with van der Waals surface area (Å²) in [5.41, 5.74) is 6.47. The molecule has 1 unspecified atom stereocenters. The van der Waals surface area contributed by atoms with Gasteiger partial charge in [-0.2, -0.15) is 0 Å². The molecule has 4 heteroatoms. The van der Waals surface area contributed by atoms with Gasteiger partial charge in [0, 0.05) is 10.6 Å². The number of rotatable bonds is 4. The van der Waals surface area contributed by atoms with Gasteiger partial charge in [-0.05, 0) is 19.1 Å². The Morgan fingerprint density at radius 3 is 2.94 bits per heavy atom. The van der Waals surface area contributed by atoms with Crippen LogP contribution in [0, 0.1) is 12.3 Å². The van der Waals surface area contributed by atoms with Crippen LogP contribution >= 0.6 is 11.8 Å². The smallest absolute Gasteiger partial charge is 0.233 e. The third-order valence-electron chi connectivity index (χ3n) is 1.96. The lowest BCUT2D eigenvalue weighted by Gasteiger charge is -2.11. The molecule has 0 spiro atoms. The van der Waals surface area contributed by atoms with E-state index in [-0.39, 0.29) is 17.7 Å². The zero-order valence-corrected chi connectivity index (χ0v) is 9.88. The number of hydrogen-bond acceptors (Lipinski definition) is 3. The second kappa shape index (κ2) is 6.09. The summed E-state index contributed by atoms with van der Waals surface area (Å²) >= 11 is 1.42. The van der Waals surface area contributed by atoms with Gasteiger partial charge < -0.3 is 11.1 Å². The summed E-state index contributed by atoms with van der Waals surface area (Å²) in [7, 11) is 0. The van der Waals surface area contributed by atoms with E-state index >= 15 is 0 Å². The van der Waals surface area contributed by atoms with E-state index in [1.807, 2.05) is 31.2 Å². The number of terminal acetylenes is 1. The van der Waals surface area contributed by atoms with E-state index in [1.54, 1.807) is 0 Å². The maximum atomic E-state index is 11.5. The molecule has 0 saturated carbocycles. The molecule has 1 rings (SSSR count). The summed E-state index contributed by atoms with van der Waals surface area (Å²) < 4.78 is 0. The lowest BCUT2D eigenvalue weighted by Crippen LogP contribution is -2.31. The van der Waals surface area contributed by atoms with Crippen LogP contribution in [-0.4, -0.2) is 17.7 Å². The first-order valence-electron chi connectivity index (χ1n) is 4.87. The normalized spacial score (nSPS) is 11.5. The van der Waals surface area contributed by atoms with E-state index in [2.05, 4.69) is 11.2 Å². The Labute approximate surface area is 99.8 Å². The Kier molecular flexibility index (Phi) is 4.74. The molecule has 1 atom stereocenters. The first-order chi connectivity index (χ1) is 7.65. The van der Waals surface area contributed by atoms with Crippen molar-refractivity contribution in [2.45, 2.75) is 17.1 Å². The van der Waals surface area contributed by atoms with Crippen LogP contribution in [0.4, 0.5) is 5.69 Å². The molecule has 0 aliphatic rings. The van der Waals surface area contributed by atoms with Crippen LogP contribution in [0.1, 0.15) is 6.92 Å². The number of anilines is 1. The average Bonchev–Trinajstić information content (AvgIpc) is 2.28. The predicted octanol–water partition coefficient (Wildman–Crippen LogP) is 1.50. The molecular weight excluding hydrogens is 220 g/mol. The standard InChI is InChI=1S/C12H14N2OS/c1-3-8-14-12(15)9(2)16-11-7-5-4-6-10(11)13/h1,4-7,9H,8,13H2,2H3,(H,14,15). The van der Waals surface area contributed by atoms with Crippen LogP contribution in [0.25, 0.3) is 0 Å². The number of carbonyl (C=O) groups excluding carboxylic acids is 1. The molecule has 0 saturated heterocycles. The van der Waals surface area contributed by atoms with Crippen molar-refractivity contribution < 1.29 is 4.79 Å². The Bertz CT molecular complexity index is 412. The van der Waals surface area contributed by atoms with Crippen molar-refractivity contribution >= 4 is 23.4 Å². The highest BCUT2D eigenvalue weighted by Gasteiger charge is 2.14. The molecule has 0 aliphatic carbocycles. The van der Waals surface area contributed by atoms with Gasteiger partial charge >= 0.3 is 0 Å². The number of amides is 1. The maximum absolute atomic E-state index is 11.5. The summed E-state index contributed by atoms with van der Waals surface area (Å²) in [5, 5.41) is 2.42. The molecule has 0 bridgehead atoms. The summed E-state index contributed by atoms with van der Waals surface area (Å²) in [6, 6.07) is 7.46. The summed E-state index contributed by atoms with van der Waals surface area (Å²) in [5.74, 6) is 2.29. The second-order valence-electron chi connectivity index (χ2n) is 3.22. The summed E-state index contributed by atoms with van der Waals surface area (Å²) in [6.45, 7) is 2.08. The molecule has 3 N–H and O–H groups in total. The van der Waals surface area contributed by atoms with Crippen molar-refractivity contribution in [1.82, 2.24) is 5.32 Å². The fourth-order valence-electron chi connectivity index (χ4n) is 1.11. The second-order valence-corrected chi connectivity index (χ2v) is 4.60. The van der Waals surface area contributed by atoms with Gasteiger partial charge in [0.15, 0.2) is 0 Å². The van der Waals surface area contributed by atoms with Gasteiger partial charge in [0.2, 0.25) is 5.91 Å². The van der Waals surface area contributed by atoms with E-state index in [0.29, 0.717) is 5.69 Å². The largest absolute Gasteiger partial charge is 0.398 e. The highest BCUT2D eigenvalue weighted by atomic mass is 32.2. The number of para-hydroxylation sites is 1. The lowest BCUT2D eigenvalue weighted by atomic mass is 10.3. The monoisotopic (exact) mass is 234 g/mol. The molecule has 16 heavy (non-hydrogen) atoms. The van der Waals surface area contributed by atoms with E-state index < -0.39 is 0 Å². The number of benzene rings is 1. The molecule has 1 amide bonds. The predicted molar refractivity (Wildman–Crippen MR) is 68.0 cm³/mol. The van der Waals surface area contributed by atoms with Gasteiger partial charge in [0.25, 0.3) is 0 Å². The first-order valence-corrected chi connectivity index (χ1v) is 5.75. The molecule has 3 nitrogen and oxygen atoms in total. The molecule has 0 radical (unpaired) electrons. The van der Waals surface area contributed by atoms with Crippen LogP contribution in [0.15, 0.2) is 29.2 Å². The molecule has 0 aromatic heterocycles. The van der Waals surface area contributed by atoms with Gasteiger partial charge in [-0.3, -0.25) is 4.79 Å². The zero-order chi connectivity index (χ0) is 12.0. The molecule has 1 aromatic carbocycles. The number of nitrogens with two attached hydrogens (primary N) is 1. The Morgan fingerprint density at radius 1 is 1.62 bits per heavy atom. The Balaban J connectivity index is 2.58. The SMILES string of the molecule is C#CCNC(=O)C(C)Sc1ccccc1N. The van der Waals surface area contributed by atoms with E-state index in [4.69, 9.17) is 12.2 Å². The summed E-state index contributed by atoms with van der Waals surface area (Å²) in [4.78, 5) is 12.5. The number of thioether (sulfide) groups is 1. The minimum atomic E-state index is -0.210. The van der Waals surface area contributed by atoms with Crippen molar-refractivity contribution in [3.8, 4) is 12.3 Å². The third-order valence-corrected chi connectivity index (χ3v) is 3.15. The van der Waals surface area contributed by atoms with Gasteiger partial charge in [0.1, 0.15) is 0 Å². The third kappa shape index (κ3) is 3.52. The quantitative estimate of drug-likeness (QED) is 0.471. The molecule has 84 valence electrons. The van der Waals surface area contributed by atoms with Crippen molar-refractivity contribution in [2.75, 3.05) is 12.3 Å². The molecular formula is C12H14N2OS.